The number of fused-ring (bicyclic) bond motifs is 1. The van der Waals surface area contributed by atoms with Crippen molar-refractivity contribution in [3.05, 3.63) is 59.9 Å². The molecule has 0 saturated carbocycles. The van der Waals surface area contributed by atoms with E-state index in [-0.39, 0.29) is 42.7 Å². The molecule has 2 atom stereocenters. The van der Waals surface area contributed by atoms with Gasteiger partial charge in [-0.3, -0.25) is 4.79 Å². The van der Waals surface area contributed by atoms with Crippen LogP contribution in [-0.4, -0.2) is 18.6 Å². The number of benzene rings is 2. The van der Waals surface area contributed by atoms with Crippen molar-refractivity contribution in [2.75, 3.05) is 11.4 Å². The zero-order valence-electron chi connectivity index (χ0n) is 13.3. The Morgan fingerprint density at radius 2 is 2.04 bits per heavy atom. The van der Waals surface area contributed by atoms with Gasteiger partial charge in [-0.15, -0.1) is 12.4 Å². The molecule has 2 aromatic carbocycles. The molecule has 1 amide bonds. The Bertz CT molecular complexity index is 711. The Balaban J connectivity index is 0.00000208. The fourth-order valence-electron chi connectivity index (χ4n) is 2.77. The van der Waals surface area contributed by atoms with Crippen LogP contribution in [0.2, 0.25) is 0 Å². The van der Waals surface area contributed by atoms with Gasteiger partial charge in [0.05, 0.1) is 12.2 Å². The third-order valence-corrected chi connectivity index (χ3v) is 3.90. The summed E-state index contributed by atoms with van der Waals surface area (Å²) in [7, 11) is 0. The Labute approximate surface area is 146 Å². The van der Waals surface area contributed by atoms with Crippen LogP contribution in [0.5, 0.6) is 5.75 Å². The monoisotopic (exact) mass is 350 g/mol. The number of hydrogen-bond acceptors (Lipinski definition) is 3. The number of amides is 1. The molecular formula is C18H20ClFN2O2. The van der Waals surface area contributed by atoms with Crippen LogP contribution in [0.15, 0.2) is 48.5 Å². The van der Waals surface area contributed by atoms with E-state index in [2.05, 4.69) is 0 Å². The summed E-state index contributed by atoms with van der Waals surface area (Å²) in [5.41, 5.74) is 7.65. The zero-order chi connectivity index (χ0) is 16.4. The Hall–Kier alpha value is -2.11. The standard InChI is InChI=1S/C18H19FN2O2.ClH/c1-12-11-21(16-8-7-14(19)9-17(16)23-12)18(22)10-15(20)13-5-3-2-4-6-13;/h2-9,12,15H,10-11,20H2,1H3;1H. The van der Waals surface area contributed by atoms with Crippen LogP contribution >= 0.6 is 12.4 Å². The molecular weight excluding hydrogens is 331 g/mol. The molecule has 2 aromatic rings. The largest absolute Gasteiger partial charge is 0.487 e. The van der Waals surface area contributed by atoms with Gasteiger partial charge in [0, 0.05) is 18.5 Å². The van der Waals surface area contributed by atoms with E-state index in [9.17, 15) is 9.18 Å². The lowest BCUT2D eigenvalue weighted by Crippen LogP contribution is -2.43. The molecule has 6 heteroatoms. The van der Waals surface area contributed by atoms with Gasteiger partial charge in [0.1, 0.15) is 17.7 Å². The smallest absolute Gasteiger partial charge is 0.229 e. The van der Waals surface area contributed by atoms with Gasteiger partial charge in [-0.2, -0.15) is 0 Å². The summed E-state index contributed by atoms with van der Waals surface area (Å²) in [5.74, 6) is -0.0824. The van der Waals surface area contributed by atoms with Crippen molar-refractivity contribution < 1.29 is 13.9 Å². The molecule has 0 saturated heterocycles. The summed E-state index contributed by atoms with van der Waals surface area (Å²) in [6.45, 7) is 2.28. The summed E-state index contributed by atoms with van der Waals surface area (Å²) >= 11 is 0. The average molecular weight is 351 g/mol. The van der Waals surface area contributed by atoms with Crippen molar-refractivity contribution in [1.29, 1.82) is 0 Å². The summed E-state index contributed by atoms with van der Waals surface area (Å²) in [6.07, 6.45) is -0.00529. The van der Waals surface area contributed by atoms with Crippen molar-refractivity contribution in [1.82, 2.24) is 0 Å². The molecule has 0 bridgehead atoms. The quantitative estimate of drug-likeness (QED) is 0.922. The number of halogens is 2. The number of ether oxygens (including phenoxy) is 1. The summed E-state index contributed by atoms with van der Waals surface area (Å²) in [5, 5.41) is 0. The minimum absolute atomic E-state index is 0. The van der Waals surface area contributed by atoms with E-state index in [0.717, 1.165) is 5.56 Å². The highest BCUT2D eigenvalue weighted by Crippen LogP contribution is 2.34. The number of anilines is 1. The van der Waals surface area contributed by atoms with Crippen molar-refractivity contribution in [3.63, 3.8) is 0 Å². The van der Waals surface area contributed by atoms with Crippen LogP contribution < -0.4 is 15.4 Å². The van der Waals surface area contributed by atoms with Crippen molar-refractivity contribution >= 4 is 24.0 Å². The fraction of sp³-hybridized carbons (Fsp3) is 0.278. The average Bonchev–Trinajstić information content (AvgIpc) is 2.54. The lowest BCUT2D eigenvalue weighted by atomic mass is 10.0. The first kappa shape index (κ1) is 18.2. The van der Waals surface area contributed by atoms with E-state index in [1.165, 1.54) is 12.1 Å². The molecule has 0 fully saturated rings. The lowest BCUT2D eigenvalue weighted by molar-refractivity contribution is -0.119. The highest BCUT2D eigenvalue weighted by atomic mass is 35.5. The summed E-state index contributed by atoms with van der Waals surface area (Å²) in [4.78, 5) is 14.3. The first-order chi connectivity index (χ1) is 11.0. The molecule has 1 aliphatic rings. The Morgan fingerprint density at radius 1 is 1.33 bits per heavy atom. The third-order valence-electron chi connectivity index (χ3n) is 3.90. The molecule has 0 radical (unpaired) electrons. The van der Waals surface area contributed by atoms with Gasteiger partial charge in [0.2, 0.25) is 5.91 Å². The number of nitrogens with zero attached hydrogens (tertiary/aromatic N) is 1. The maximum absolute atomic E-state index is 13.4. The molecule has 0 aliphatic carbocycles. The van der Waals surface area contributed by atoms with Crippen LogP contribution in [0.1, 0.15) is 24.9 Å². The number of carbonyl (C=O) groups excluding carboxylic acids is 1. The zero-order valence-corrected chi connectivity index (χ0v) is 14.1. The SMILES string of the molecule is CC1CN(C(=O)CC(N)c2ccccc2)c2ccc(F)cc2O1.Cl. The van der Waals surface area contributed by atoms with E-state index >= 15 is 0 Å². The van der Waals surface area contributed by atoms with E-state index in [0.29, 0.717) is 18.0 Å². The second kappa shape index (κ2) is 7.64. The first-order valence-electron chi connectivity index (χ1n) is 7.61. The topological polar surface area (TPSA) is 55.6 Å². The Morgan fingerprint density at radius 3 is 2.75 bits per heavy atom. The summed E-state index contributed by atoms with van der Waals surface area (Å²) < 4.78 is 19.0. The molecule has 4 nitrogen and oxygen atoms in total. The van der Waals surface area contributed by atoms with Crippen LogP contribution in [0, 0.1) is 5.82 Å². The molecule has 1 heterocycles. The highest BCUT2D eigenvalue weighted by Gasteiger charge is 2.28. The predicted molar refractivity (Wildman–Crippen MR) is 94.1 cm³/mol. The maximum atomic E-state index is 13.4. The normalized spacial score (nSPS) is 17.3. The first-order valence-corrected chi connectivity index (χ1v) is 7.61. The van der Waals surface area contributed by atoms with Gasteiger partial charge in [0.15, 0.2) is 0 Å². The van der Waals surface area contributed by atoms with Crippen molar-refractivity contribution in [2.24, 2.45) is 5.73 Å². The fourth-order valence-corrected chi connectivity index (χ4v) is 2.77. The van der Waals surface area contributed by atoms with E-state index < -0.39 is 0 Å². The number of rotatable bonds is 3. The maximum Gasteiger partial charge on any atom is 0.229 e. The van der Waals surface area contributed by atoms with Crippen LogP contribution in [0.4, 0.5) is 10.1 Å². The van der Waals surface area contributed by atoms with E-state index in [1.54, 1.807) is 11.0 Å². The molecule has 0 aromatic heterocycles. The van der Waals surface area contributed by atoms with Gasteiger partial charge >= 0.3 is 0 Å². The van der Waals surface area contributed by atoms with Gasteiger partial charge in [-0.1, -0.05) is 30.3 Å². The lowest BCUT2D eigenvalue weighted by Gasteiger charge is -2.34. The van der Waals surface area contributed by atoms with E-state index in [1.807, 2.05) is 37.3 Å². The van der Waals surface area contributed by atoms with Crippen LogP contribution in [0.25, 0.3) is 0 Å². The minimum atomic E-state index is -0.383. The van der Waals surface area contributed by atoms with Crippen molar-refractivity contribution in [2.45, 2.75) is 25.5 Å². The van der Waals surface area contributed by atoms with Gasteiger partial charge in [0.25, 0.3) is 0 Å². The molecule has 0 spiro atoms. The number of nitrogens with two attached hydrogens (primary N) is 1. The van der Waals surface area contributed by atoms with Gasteiger partial charge in [-0.05, 0) is 24.6 Å². The second-order valence-corrected chi connectivity index (χ2v) is 5.77. The van der Waals surface area contributed by atoms with Crippen LogP contribution in [0.3, 0.4) is 0 Å². The van der Waals surface area contributed by atoms with E-state index in [4.69, 9.17) is 10.5 Å². The molecule has 128 valence electrons. The molecule has 3 rings (SSSR count). The van der Waals surface area contributed by atoms with Gasteiger partial charge in [-0.25, -0.2) is 4.39 Å². The minimum Gasteiger partial charge on any atom is -0.487 e. The predicted octanol–water partition coefficient (Wildman–Crippen LogP) is 3.45. The Kier molecular flexibility index (Phi) is 5.80. The van der Waals surface area contributed by atoms with Crippen molar-refractivity contribution in [3.8, 4) is 5.75 Å². The van der Waals surface area contributed by atoms with Gasteiger partial charge < -0.3 is 15.4 Å². The van der Waals surface area contributed by atoms with Crippen LogP contribution in [-0.2, 0) is 4.79 Å². The number of hydrogen-bond donors (Lipinski definition) is 1. The summed E-state index contributed by atoms with van der Waals surface area (Å²) in [6, 6.07) is 13.4. The number of carbonyl (C=O) groups is 1. The molecule has 2 N–H and O–H groups in total. The second-order valence-electron chi connectivity index (χ2n) is 5.77. The molecule has 1 aliphatic heterocycles. The third kappa shape index (κ3) is 3.86. The molecule has 2 unspecified atom stereocenters. The highest BCUT2D eigenvalue weighted by molar-refractivity contribution is 5.95. The molecule has 24 heavy (non-hydrogen) atoms.